The fourth-order valence-electron chi connectivity index (χ4n) is 1.07. The second-order valence-electron chi connectivity index (χ2n) is 3.49. The SMILES string of the molecule is CC(C)=C(C)C(=O)N1CC(O)C1. The fraction of sp³-hybridized carbons (Fsp3) is 0.667. The van der Waals surface area contributed by atoms with Crippen LogP contribution in [0.15, 0.2) is 11.1 Å². The molecule has 3 heteroatoms. The number of hydrogen-bond acceptors (Lipinski definition) is 2. The Bertz CT molecular complexity index is 223. The molecule has 1 aliphatic heterocycles. The lowest BCUT2D eigenvalue weighted by atomic mass is 10.1. The van der Waals surface area contributed by atoms with Crippen LogP contribution in [0.5, 0.6) is 0 Å². The van der Waals surface area contributed by atoms with Gasteiger partial charge in [0, 0.05) is 18.7 Å². The second-order valence-corrected chi connectivity index (χ2v) is 3.49. The Morgan fingerprint density at radius 1 is 1.33 bits per heavy atom. The predicted octanol–water partition coefficient (Wildman–Crippen LogP) is 0.546. The molecule has 0 spiro atoms. The largest absolute Gasteiger partial charge is 0.389 e. The molecule has 1 rings (SSSR count). The summed E-state index contributed by atoms with van der Waals surface area (Å²) in [5.41, 5.74) is 1.84. The maximum Gasteiger partial charge on any atom is 0.249 e. The number of rotatable bonds is 1. The summed E-state index contributed by atoms with van der Waals surface area (Å²) in [6.07, 6.45) is -0.307. The molecule has 0 aromatic heterocycles. The van der Waals surface area contributed by atoms with Gasteiger partial charge in [-0.15, -0.1) is 0 Å². The van der Waals surface area contributed by atoms with E-state index in [9.17, 15) is 4.79 Å². The standard InChI is InChI=1S/C9H15NO2/c1-6(2)7(3)9(12)10-4-8(11)5-10/h8,11H,4-5H2,1-3H3. The van der Waals surface area contributed by atoms with Gasteiger partial charge in [-0.1, -0.05) is 5.57 Å². The molecule has 1 heterocycles. The third-order valence-corrected chi connectivity index (χ3v) is 2.22. The number of β-amino-alcohol motifs (C(OH)–C–C–N with tert-alkyl or cyclic N) is 1. The van der Waals surface area contributed by atoms with Gasteiger partial charge in [0.05, 0.1) is 6.10 Å². The third kappa shape index (κ3) is 1.67. The zero-order chi connectivity index (χ0) is 9.30. The lowest BCUT2D eigenvalue weighted by Crippen LogP contribution is -2.53. The van der Waals surface area contributed by atoms with Crippen LogP contribution in [0.1, 0.15) is 20.8 Å². The van der Waals surface area contributed by atoms with Crippen LogP contribution in [0.25, 0.3) is 0 Å². The highest BCUT2D eigenvalue weighted by Crippen LogP contribution is 2.13. The van der Waals surface area contributed by atoms with Crippen molar-refractivity contribution < 1.29 is 9.90 Å². The first-order valence-corrected chi connectivity index (χ1v) is 4.13. The topological polar surface area (TPSA) is 40.5 Å². The molecule has 1 aliphatic rings. The normalized spacial score (nSPS) is 17.2. The molecule has 0 bridgehead atoms. The third-order valence-electron chi connectivity index (χ3n) is 2.22. The van der Waals surface area contributed by atoms with Gasteiger partial charge in [-0.3, -0.25) is 4.79 Å². The van der Waals surface area contributed by atoms with Gasteiger partial charge in [-0.05, 0) is 20.8 Å². The maximum atomic E-state index is 11.5. The van der Waals surface area contributed by atoms with Gasteiger partial charge in [-0.25, -0.2) is 0 Å². The molecule has 0 aliphatic carbocycles. The van der Waals surface area contributed by atoms with E-state index in [0.29, 0.717) is 13.1 Å². The number of amides is 1. The van der Waals surface area contributed by atoms with Crippen molar-refractivity contribution in [3.05, 3.63) is 11.1 Å². The first-order valence-electron chi connectivity index (χ1n) is 4.13. The van der Waals surface area contributed by atoms with Gasteiger partial charge < -0.3 is 10.0 Å². The van der Waals surface area contributed by atoms with Crippen LogP contribution < -0.4 is 0 Å². The van der Waals surface area contributed by atoms with E-state index in [1.807, 2.05) is 20.8 Å². The van der Waals surface area contributed by atoms with Crippen LogP contribution in [0.3, 0.4) is 0 Å². The Balaban J connectivity index is 2.55. The van der Waals surface area contributed by atoms with E-state index in [4.69, 9.17) is 5.11 Å². The van der Waals surface area contributed by atoms with Crippen molar-refractivity contribution in [3.8, 4) is 0 Å². The molecule has 1 saturated heterocycles. The van der Waals surface area contributed by atoms with Gasteiger partial charge >= 0.3 is 0 Å². The van der Waals surface area contributed by atoms with Crippen molar-refractivity contribution in [3.63, 3.8) is 0 Å². The number of aliphatic hydroxyl groups is 1. The van der Waals surface area contributed by atoms with E-state index in [2.05, 4.69) is 0 Å². The van der Waals surface area contributed by atoms with Crippen molar-refractivity contribution in [2.75, 3.05) is 13.1 Å². The smallest absolute Gasteiger partial charge is 0.249 e. The Morgan fingerprint density at radius 3 is 2.17 bits per heavy atom. The summed E-state index contributed by atoms with van der Waals surface area (Å²) in [4.78, 5) is 13.1. The van der Waals surface area contributed by atoms with Crippen molar-refractivity contribution in [2.24, 2.45) is 0 Å². The van der Waals surface area contributed by atoms with E-state index in [0.717, 1.165) is 11.1 Å². The maximum absolute atomic E-state index is 11.5. The summed E-state index contributed by atoms with van der Waals surface area (Å²) in [6, 6.07) is 0. The first-order chi connectivity index (χ1) is 5.52. The summed E-state index contributed by atoms with van der Waals surface area (Å²) >= 11 is 0. The second kappa shape index (κ2) is 3.27. The summed E-state index contributed by atoms with van der Waals surface area (Å²) in [5, 5.41) is 8.98. The van der Waals surface area contributed by atoms with Crippen molar-refractivity contribution in [1.29, 1.82) is 0 Å². The Labute approximate surface area is 72.7 Å². The summed E-state index contributed by atoms with van der Waals surface area (Å²) < 4.78 is 0. The van der Waals surface area contributed by atoms with E-state index in [1.54, 1.807) is 4.90 Å². The minimum absolute atomic E-state index is 0.0558. The van der Waals surface area contributed by atoms with Gasteiger partial charge in [0.15, 0.2) is 0 Å². The molecule has 0 atom stereocenters. The number of carbonyl (C=O) groups excluding carboxylic acids is 1. The van der Waals surface area contributed by atoms with E-state index >= 15 is 0 Å². The van der Waals surface area contributed by atoms with Crippen LogP contribution in [0.2, 0.25) is 0 Å². The molecule has 0 unspecified atom stereocenters. The number of aliphatic hydroxyl groups excluding tert-OH is 1. The average molecular weight is 169 g/mol. The molecule has 1 fully saturated rings. The minimum atomic E-state index is -0.307. The number of hydrogen-bond donors (Lipinski definition) is 1. The predicted molar refractivity (Wildman–Crippen MR) is 46.6 cm³/mol. The zero-order valence-electron chi connectivity index (χ0n) is 7.79. The zero-order valence-corrected chi connectivity index (χ0v) is 7.79. The molecule has 0 aromatic rings. The molecule has 3 nitrogen and oxygen atoms in total. The average Bonchev–Trinajstić information content (AvgIpc) is 1.95. The van der Waals surface area contributed by atoms with Crippen LogP contribution in [0.4, 0.5) is 0 Å². The van der Waals surface area contributed by atoms with Gasteiger partial charge in [0.25, 0.3) is 0 Å². The van der Waals surface area contributed by atoms with E-state index in [1.165, 1.54) is 0 Å². The quantitative estimate of drug-likeness (QED) is 0.582. The number of likely N-dealkylation sites (tertiary alicyclic amines) is 1. The molecule has 68 valence electrons. The highest BCUT2D eigenvalue weighted by molar-refractivity contribution is 5.94. The Morgan fingerprint density at radius 2 is 1.83 bits per heavy atom. The van der Waals surface area contributed by atoms with Gasteiger partial charge in [0.2, 0.25) is 5.91 Å². The highest BCUT2D eigenvalue weighted by atomic mass is 16.3. The Hall–Kier alpha value is -0.830. The molecular formula is C9H15NO2. The van der Waals surface area contributed by atoms with Gasteiger partial charge in [0.1, 0.15) is 0 Å². The molecule has 12 heavy (non-hydrogen) atoms. The lowest BCUT2D eigenvalue weighted by Gasteiger charge is -2.36. The van der Waals surface area contributed by atoms with Crippen molar-refractivity contribution in [1.82, 2.24) is 4.90 Å². The number of allylic oxidation sites excluding steroid dienone is 1. The van der Waals surface area contributed by atoms with Crippen molar-refractivity contribution >= 4 is 5.91 Å². The van der Waals surface area contributed by atoms with E-state index < -0.39 is 0 Å². The van der Waals surface area contributed by atoms with Crippen molar-refractivity contribution in [2.45, 2.75) is 26.9 Å². The van der Waals surface area contributed by atoms with E-state index in [-0.39, 0.29) is 12.0 Å². The van der Waals surface area contributed by atoms with Crippen LogP contribution >= 0.6 is 0 Å². The molecule has 0 aromatic carbocycles. The lowest BCUT2D eigenvalue weighted by molar-refractivity contribution is -0.136. The molecule has 1 N–H and O–H groups in total. The van der Waals surface area contributed by atoms with Crippen LogP contribution in [-0.4, -0.2) is 35.1 Å². The van der Waals surface area contributed by atoms with Gasteiger partial charge in [-0.2, -0.15) is 0 Å². The first kappa shape index (κ1) is 9.26. The van der Waals surface area contributed by atoms with Crippen LogP contribution in [-0.2, 0) is 4.79 Å². The number of carbonyl (C=O) groups is 1. The Kier molecular flexibility index (Phi) is 2.52. The summed E-state index contributed by atoms with van der Waals surface area (Å²) in [5.74, 6) is 0.0558. The highest BCUT2D eigenvalue weighted by Gasteiger charge is 2.29. The molecular weight excluding hydrogens is 154 g/mol. The summed E-state index contributed by atoms with van der Waals surface area (Å²) in [7, 11) is 0. The summed E-state index contributed by atoms with van der Waals surface area (Å²) in [6.45, 7) is 6.64. The fourth-order valence-corrected chi connectivity index (χ4v) is 1.07. The molecule has 0 saturated carbocycles. The molecule has 0 radical (unpaired) electrons. The monoisotopic (exact) mass is 169 g/mol. The molecule has 1 amide bonds. The minimum Gasteiger partial charge on any atom is -0.389 e. The number of nitrogens with zero attached hydrogens (tertiary/aromatic N) is 1. The van der Waals surface area contributed by atoms with Crippen LogP contribution in [0, 0.1) is 0 Å².